The highest BCUT2D eigenvalue weighted by molar-refractivity contribution is 5.84. The Hall–Kier alpha value is -2.82. The Labute approximate surface area is 139 Å². The zero-order valence-electron chi connectivity index (χ0n) is 13.7. The van der Waals surface area contributed by atoms with Crippen LogP contribution in [0.1, 0.15) is 29.6 Å². The van der Waals surface area contributed by atoms with E-state index in [9.17, 15) is 4.79 Å². The number of carbonyl (C=O) groups is 1. The zero-order valence-corrected chi connectivity index (χ0v) is 13.7. The number of benzene rings is 1. The van der Waals surface area contributed by atoms with E-state index in [2.05, 4.69) is 24.0 Å². The average molecular weight is 322 g/mol. The molecule has 1 amide bonds. The minimum atomic E-state index is -0.391. The fraction of sp³-hybridized carbons (Fsp3) is 0.263. The lowest BCUT2D eigenvalue weighted by Gasteiger charge is -2.27. The summed E-state index contributed by atoms with van der Waals surface area (Å²) in [6.07, 6.45) is 0.499. The summed E-state index contributed by atoms with van der Waals surface area (Å²) >= 11 is 0. The number of aryl methyl sites for hydroxylation is 2. The molecule has 1 aliphatic heterocycles. The molecule has 0 saturated carbocycles. The van der Waals surface area contributed by atoms with E-state index in [-0.39, 0.29) is 0 Å². The molecule has 0 spiro atoms. The average Bonchev–Trinajstić information content (AvgIpc) is 2.98. The van der Waals surface area contributed by atoms with E-state index in [1.54, 1.807) is 4.90 Å². The molecule has 1 aliphatic rings. The van der Waals surface area contributed by atoms with Gasteiger partial charge in [-0.1, -0.05) is 25.1 Å². The third-order valence-electron chi connectivity index (χ3n) is 4.30. The van der Waals surface area contributed by atoms with Crippen molar-refractivity contribution in [3.05, 3.63) is 59.0 Å². The number of furan rings is 1. The second-order valence-electron chi connectivity index (χ2n) is 6.03. The first-order chi connectivity index (χ1) is 11.6. The van der Waals surface area contributed by atoms with Crippen LogP contribution in [0.4, 0.5) is 4.79 Å². The number of pyridine rings is 1. The quantitative estimate of drug-likeness (QED) is 0.724. The smallest absolute Gasteiger partial charge is 0.417 e. The van der Waals surface area contributed by atoms with Gasteiger partial charge in [-0.15, -0.1) is 0 Å². The number of hydrogen-bond acceptors (Lipinski definition) is 4. The van der Waals surface area contributed by atoms with Crippen LogP contribution in [0.25, 0.3) is 10.9 Å². The van der Waals surface area contributed by atoms with Crippen LogP contribution in [-0.4, -0.2) is 16.0 Å². The molecule has 0 atom stereocenters. The maximum absolute atomic E-state index is 12.3. The lowest BCUT2D eigenvalue weighted by Crippen LogP contribution is -2.36. The highest BCUT2D eigenvalue weighted by Gasteiger charge is 2.27. The molecule has 1 aromatic carbocycles. The van der Waals surface area contributed by atoms with Gasteiger partial charge < -0.3 is 9.15 Å². The lowest BCUT2D eigenvalue weighted by atomic mass is 10.1. The summed E-state index contributed by atoms with van der Waals surface area (Å²) in [5.74, 6) is 1.99. The Kier molecular flexibility index (Phi) is 3.49. The molecular formula is C19H18N2O3. The summed E-state index contributed by atoms with van der Waals surface area (Å²) in [7, 11) is 0. The highest BCUT2D eigenvalue weighted by Crippen LogP contribution is 2.30. The zero-order chi connectivity index (χ0) is 16.7. The van der Waals surface area contributed by atoms with Gasteiger partial charge in [0.25, 0.3) is 0 Å². The van der Waals surface area contributed by atoms with E-state index in [1.807, 2.05) is 31.2 Å². The molecule has 0 N–H and O–H groups in total. The molecule has 0 fully saturated rings. The topological polar surface area (TPSA) is 55.6 Å². The van der Waals surface area contributed by atoms with Gasteiger partial charge in [0.1, 0.15) is 11.5 Å². The summed E-state index contributed by atoms with van der Waals surface area (Å²) in [4.78, 5) is 18.5. The van der Waals surface area contributed by atoms with Gasteiger partial charge in [0.15, 0.2) is 0 Å². The Bertz CT molecular complexity index is 930. The van der Waals surface area contributed by atoms with Gasteiger partial charge in [0, 0.05) is 10.9 Å². The summed E-state index contributed by atoms with van der Waals surface area (Å²) < 4.78 is 11.0. The fourth-order valence-corrected chi connectivity index (χ4v) is 3.07. The molecule has 4 rings (SSSR count). The summed E-state index contributed by atoms with van der Waals surface area (Å²) in [6, 6.07) is 12.0. The molecule has 0 radical (unpaired) electrons. The second kappa shape index (κ2) is 5.67. The van der Waals surface area contributed by atoms with Crippen LogP contribution in [0.5, 0.6) is 5.88 Å². The SMILES string of the molecule is CCc1cccc2cc3c(nc12)OC(=O)N(Cc1ccc(C)o1)C3. The molecule has 0 saturated heterocycles. The minimum absolute atomic E-state index is 0.388. The molecule has 3 aromatic rings. The summed E-state index contributed by atoms with van der Waals surface area (Å²) in [6.45, 7) is 4.83. The number of carbonyl (C=O) groups excluding carboxylic acids is 1. The molecule has 2 aromatic heterocycles. The van der Waals surface area contributed by atoms with Crippen LogP contribution in [0.3, 0.4) is 0 Å². The molecule has 5 heteroatoms. The molecular weight excluding hydrogens is 304 g/mol. The number of nitrogens with zero attached hydrogens (tertiary/aromatic N) is 2. The molecule has 5 nitrogen and oxygen atoms in total. The van der Waals surface area contributed by atoms with Crippen LogP contribution in [-0.2, 0) is 19.5 Å². The van der Waals surface area contributed by atoms with Crippen LogP contribution >= 0.6 is 0 Å². The molecule has 3 heterocycles. The third-order valence-corrected chi connectivity index (χ3v) is 4.30. The van der Waals surface area contributed by atoms with Gasteiger partial charge in [-0.3, -0.25) is 4.90 Å². The number of ether oxygens (including phenoxy) is 1. The van der Waals surface area contributed by atoms with E-state index >= 15 is 0 Å². The predicted octanol–water partition coefficient (Wildman–Crippen LogP) is 4.21. The van der Waals surface area contributed by atoms with Crippen molar-refractivity contribution in [2.45, 2.75) is 33.4 Å². The molecule has 0 unspecified atom stereocenters. The fourth-order valence-electron chi connectivity index (χ4n) is 3.07. The lowest BCUT2D eigenvalue weighted by molar-refractivity contribution is 0.129. The van der Waals surface area contributed by atoms with Crippen molar-refractivity contribution >= 4 is 17.0 Å². The monoisotopic (exact) mass is 322 g/mol. The Morgan fingerprint density at radius 3 is 2.88 bits per heavy atom. The molecule has 0 aliphatic carbocycles. The number of hydrogen-bond donors (Lipinski definition) is 0. The normalized spacial score (nSPS) is 13.9. The first-order valence-corrected chi connectivity index (χ1v) is 8.07. The van der Waals surface area contributed by atoms with E-state index in [0.717, 1.165) is 40.0 Å². The van der Waals surface area contributed by atoms with Gasteiger partial charge in [0.2, 0.25) is 5.88 Å². The van der Waals surface area contributed by atoms with Crippen molar-refractivity contribution < 1.29 is 13.9 Å². The maximum atomic E-state index is 12.3. The van der Waals surface area contributed by atoms with Gasteiger partial charge in [-0.25, -0.2) is 9.78 Å². The predicted molar refractivity (Wildman–Crippen MR) is 89.8 cm³/mol. The van der Waals surface area contributed by atoms with E-state index in [0.29, 0.717) is 19.0 Å². The van der Waals surface area contributed by atoms with Crippen molar-refractivity contribution in [3.8, 4) is 5.88 Å². The number of fused-ring (bicyclic) bond motifs is 2. The van der Waals surface area contributed by atoms with Crippen molar-refractivity contribution in [2.24, 2.45) is 0 Å². The standard InChI is InChI=1S/C19H18N2O3/c1-3-13-5-4-6-14-9-15-10-21(11-16-8-7-12(2)23-16)19(22)24-18(15)20-17(13)14/h4-9H,3,10-11H2,1-2H3. The van der Waals surface area contributed by atoms with E-state index in [1.165, 1.54) is 0 Å². The van der Waals surface area contributed by atoms with Gasteiger partial charge in [0.05, 0.1) is 18.6 Å². The number of para-hydroxylation sites is 1. The van der Waals surface area contributed by atoms with E-state index in [4.69, 9.17) is 9.15 Å². The first kappa shape index (κ1) is 14.8. The largest absolute Gasteiger partial charge is 0.464 e. The Balaban J connectivity index is 1.68. The highest BCUT2D eigenvalue weighted by atomic mass is 16.6. The maximum Gasteiger partial charge on any atom is 0.417 e. The van der Waals surface area contributed by atoms with Crippen molar-refractivity contribution in [1.29, 1.82) is 0 Å². The van der Waals surface area contributed by atoms with Gasteiger partial charge >= 0.3 is 6.09 Å². The van der Waals surface area contributed by atoms with Crippen LogP contribution in [0.15, 0.2) is 40.8 Å². The van der Waals surface area contributed by atoms with Crippen LogP contribution < -0.4 is 4.74 Å². The first-order valence-electron chi connectivity index (χ1n) is 8.07. The van der Waals surface area contributed by atoms with Crippen molar-refractivity contribution in [2.75, 3.05) is 0 Å². The molecule has 122 valence electrons. The van der Waals surface area contributed by atoms with Crippen LogP contribution in [0, 0.1) is 6.92 Å². The Morgan fingerprint density at radius 1 is 1.25 bits per heavy atom. The van der Waals surface area contributed by atoms with Crippen LogP contribution in [0.2, 0.25) is 0 Å². The van der Waals surface area contributed by atoms with Crippen molar-refractivity contribution in [3.63, 3.8) is 0 Å². The number of aromatic nitrogens is 1. The third kappa shape index (κ3) is 2.52. The summed E-state index contributed by atoms with van der Waals surface area (Å²) in [5, 5.41) is 1.07. The number of amides is 1. The van der Waals surface area contributed by atoms with E-state index < -0.39 is 6.09 Å². The molecule has 24 heavy (non-hydrogen) atoms. The summed E-state index contributed by atoms with van der Waals surface area (Å²) in [5.41, 5.74) is 2.97. The minimum Gasteiger partial charge on any atom is -0.464 e. The molecule has 0 bridgehead atoms. The Morgan fingerprint density at radius 2 is 2.12 bits per heavy atom. The van der Waals surface area contributed by atoms with Gasteiger partial charge in [-0.05, 0) is 37.1 Å². The number of rotatable bonds is 3. The second-order valence-corrected chi connectivity index (χ2v) is 6.03. The van der Waals surface area contributed by atoms with Crippen molar-refractivity contribution in [1.82, 2.24) is 9.88 Å². The van der Waals surface area contributed by atoms with Gasteiger partial charge in [-0.2, -0.15) is 0 Å².